The molecular weight excluding hydrogens is 236 g/mol. The maximum absolute atomic E-state index is 9.94. The van der Waals surface area contributed by atoms with Gasteiger partial charge in [0, 0.05) is 11.5 Å². The van der Waals surface area contributed by atoms with E-state index in [0.717, 1.165) is 0 Å². The van der Waals surface area contributed by atoms with Crippen LogP contribution in [0.25, 0.3) is 21.5 Å². The molecule has 8 nitrogen and oxygen atoms in total. The lowest BCUT2D eigenvalue weighted by molar-refractivity contribution is 0.0151. The molecule has 94 valence electrons. The van der Waals surface area contributed by atoms with Crippen molar-refractivity contribution in [1.29, 1.82) is 0 Å². The van der Waals surface area contributed by atoms with Crippen molar-refractivity contribution in [2.24, 2.45) is 5.11 Å². The molecule has 0 aliphatic carbocycles. The highest BCUT2D eigenvalue weighted by Crippen LogP contribution is 2.21. The number of azide groups is 1. The van der Waals surface area contributed by atoms with Crippen LogP contribution in [-0.4, -0.2) is 38.3 Å². The SMILES string of the molecule is [N-]=[N+]=NCCC(O)C(O)c1ccc2n[nH]nc2c1. The summed E-state index contributed by atoms with van der Waals surface area (Å²) in [5.41, 5.74) is 9.98. The minimum atomic E-state index is -1.04. The zero-order chi connectivity index (χ0) is 13.0. The second-order valence-corrected chi connectivity index (χ2v) is 3.83. The highest BCUT2D eigenvalue weighted by Gasteiger charge is 2.18. The van der Waals surface area contributed by atoms with Crippen LogP contribution in [0.4, 0.5) is 0 Å². The molecule has 0 bridgehead atoms. The van der Waals surface area contributed by atoms with Crippen LogP contribution >= 0.6 is 0 Å². The summed E-state index contributed by atoms with van der Waals surface area (Å²) in [5, 5.41) is 33.3. The maximum atomic E-state index is 9.94. The number of rotatable bonds is 5. The van der Waals surface area contributed by atoms with E-state index < -0.39 is 12.2 Å². The van der Waals surface area contributed by atoms with E-state index in [1.807, 2.05) is 0 Å². The molecule has 0 amide bonds. The highest BCUT2D eigenvalue weighted by atomic mass is 16.3. The molecule has 2 atom stereocenters. The van der Waals surface area contributed by atoms with Crippen LogP contribution in [0, 0.1) is 0 Å². The molecule has 2 rings (SSSR count). The molecular formula is C10H12N6O2. The number of benzene rings is 1. The number of hydrogen-bond donors (Lipinski definition) is 3. The lowest BCUT2D eigenvalue weighted by Crippen LogP contribution is -2.19. The van der Waals surface area contributed by atoms with Gasteiger partial charge in [-0.3, -0.25) is 0 Å². The fraction of sp³-hybridized carbons (Fsp3) is 0.400. The Morgan fingerprint density at radius 3 is 2.89 bits per heavy atom. The number of aromatic nitrogens is 3. The highest BCUT2D eigenvalue weighted by molar-refractivity contribution is 5.74. The van der Waals surface area contributed by atoms with Crippen molar-refractivity contribution in [3.05, 3.63) is 34.2 Å². The summed E-state index contributed by atoms with van der Waals surface area (Å²) in [6, 6.07) is 5.03. The Kier molecular flexibility index (Phi) is 3.73. The van der Waals surface area contributed by atoms with Gasteiger partial charge in [-0.15, -0.1) is 0 Å². The van der Waals surface area contributed by atoms with Crippen LogP contribution in [0.15, 0.2) is 23.3 Å². The number of fused-ring (bicyclic) bond motifs is 1. The average Bonchev–Trinajstić information content (AvgIpc) is 2.85. The monoisotopic (exact) mass is 248 g/mol. The molecule has 2 unspecified atom stereocenters. The Bertz CT molecular complexity index is 577. The third-order valence-electron chi connectivity index (χ3n) is 2.63. The number of hydrogen-bond acceptors (Lipinski definition) is 5. The third-order valence-corrected chi connectivity index (χ3v) is 2.63. The first kappa shape index (κ1) is 12.3. The second kappa shape index (κ2) is 5.46. The minimum Gasteiger partial charge on any atom is -0.390 e. The van der Waals surface area contributed by atoms with Gasteiger partial charge in [-0.05, 0) is 29.6 Å². The number of aliphatic hydroxyl groups is 2. The van der Waals surface area contributed by atoms with E-state index in [-0.39, 0.29) is 13.0 Å². The number of aromatic amines is 1. The van der Waals surface area contributed by atoms with Crippen LogP contribution in [0.5, 0.6) is 0 Å². The van der Waals surface area contributed by atoms with Gasteiger partial charge in [0.25, 0.3) is 0 Å². The Morgan fingerprint density at radius 1 is 1.33 bits per heavy atom. The summed E-state index contributed by atoms with van der Waals surface area (Å²) in [5.74, 6) is 0. The van der Waals surface area contributed by atoms with E-state index in [2.05, 4.69) is 25.4 Å². The van der Waals surface area contributed by atoms with E-state index in [0.29, 0.717) is 16.6 Å². The summed E-state index contributed by atoms with van der Waals surface area (Å²) in [7, 11) is 0. The molecule has 0 radical (unpaired) electrons. The van der Waals surface area contributed by atoms with Gasteiger partial charge in [0.1, 0.15) is 17.1 Å². The van der Waals surface area contributed by atoms with Crippen molar-refractivity contribution < 1.29 is 10.2 Å². The molecule has 0 aliphatic heterocycles. The van der Waals surface area contributed by atoms with Crippen LogP contribution in [0.2, 0.25) is 0 Å². The standard InChI is InChI=1S/C10H12N6O2/c11-15-12-4-3-9(17)10(18)6-1-2-7-8(5-6)14-16-13-7/h1-2,5,9-10,17-18H,3-4H2,(H,13,14,16). The first-order chi connectivity index (χ1) is 8.72. The molecule has 0 saturated heterocycles. The van der Waals surface area contributed by atoms with Gasteiger partial charge in [-0.2, -0.15) is 15.4 Å². The number of nitrogens with zero attached hydrogens (tertiary/aromatic N) is 5. The molecule has 1 aromatic carbocycles. The van der Waals surface area contributed by atoms with Gasteiger partial charge >= 0.3 is 0 Å². The third kappa shape index (κ3) is 2.57. The van der Waals surface area contributed by atoms with Crippen LogP contribution < -0.4 is 0 Å². The molecule has 0 saturated carbocycles. The van der Waals surface area contributed by atoms with Crippen molar-refractivity contribution in [1.82, 2.24) is 15.4 Å². The average molecular weight is 248 g/mol. The summed E-state index contributed by atoms with van der Waals surface area (Å²) < 4.78 is 0. The van der Waals surface area contributed by atoms with Crippen molar-refractivity contribution in [3.63, 3.8) is 0 Å². The molecule has 0 aliphatic rings. The van der Waals surface area contributed by atoms with E-state index in [4.69, 9.17) is 5.53 Å². The quantitative estimate of drug-likeness (QED) is 0.414. The topological polar surface area (TPSA) is 131 Å². The Labute approximate surface area is 102 Å². The molecule has 0 fully saturated rings. The van der Waals surface area contributed by atoms with Crippen molar-refractivity contribution in [3.8, 4) is 0 Å². The van der Waals surface area contributed by atoms with E-state index in [1.54, 1.807) is 18.2 Å². The normalized spacial score (nSPS) is 14.1. The van der Waals surface area contributed by atoms with E-state index in [9.17, 15) is 10.2 Å². The summed E-state index contributed by atoms with van der Waals surface area (Å²) >= 11 is 0. The van der Waals surface area contributed by atoms with Crippen molar-refractivity contribution in [2.75, 3.05) is 6.54 Å². The fourth-order valence-electron chi connectivity index (χ4n) is 1.66. The molecule has 0 spiro atoms. The number of nitrogens with one attached hydrogen (secondary N) is 1. The van der Waals surface area contributed by atoms with Gasteiger partial charge < -0.3 is 10.2 Å². The smallest absolute Gasteiger partial charge is 0.113 e. The predicted octanol–water partition coefficient (Wildman–Crippen LogP) is 1.05. The predicted molar refractivity (Wildman–Crippen MR) is 63.5 cm³/mol. The number of H-pyrrole nitrogens is 1. The minimum absolute atomic E-state index is 0.140. The van der Waals surface area contributed by atoms with E-state index in [1.165, 1.54) is 0 Å². The first-order valence-electron chi connectivity index (χ1n) is 5.40. The first-order valence-corrected chi connectivity index (χ1v) is 5.40. The molecule has 1 aromatic heterocycles. The van der Waals surface area contributed by atoms with Gasteiger partial charge in [0.2, 0.25) is 0 Å². The van der Waals surface area contributed by atoms with Crippen LogP contribution in [-0.2, 0) is 0 Å². The zero-order valence-corrected chi connectivity index (χ0v) is 9.43. The second-order valence-electron chi connectivity index (χ2n) is 3.83. The van der Waals surface area contributed by atoms with Crippen LogP contribution in [0.1, 0.15) is 18.1 Å². The largest absolute Gasteiger partial charge is 0.390 e. The molecule has 8 heteroatoms. The van der Waals surface area contributed by atoms with Gasteiger partial charge in [0.15, 0.2) is 0 Å². The van der Waals surface area contributed by atoms with Crippen molar-refractivity contribution in [2.45, 2.75) is 18.6 Å². The van der Waals surface area contributed by atoms with E-state index >= 15 is 0 Å². The Balaban J connectivity index is 2.11. The maximum Gasteiger partial charge on any atom is 0.113 e. The molecule has 3 N–H and O–H groups in total. The lowest BCUT2D eigenvalue weighted by Gasteiger charge is -2.17. The molecule has 18 heavy (non-hydrogen) atoms. The molecule has 2 aromatic rings. The Hall–Kier alpha value is -2.15. The Morgan fingerprint density at radius 2 is 2.11 bits per heavy atom. The fourth-order valence-corrected chi connectivity index (χ4v) is 1.66. The number of aliphatic hydroxyl groups excluding tert-OH is 2. The summed E-state index contributed by atoms with van der Waals surface area (Å²) in [6.07, 6.45) is -1.83. The summed E-state index contributed by atoms with van der Waals surface area (Å²) in [6.45, 7) is 0.140. The van der Waals surface area contributed by atoms with Gasteiger partial charge in [-0.25, -0.2) is 0 Å². The van der Waals surface area contributed by atoms with Crippen molar-refractivity contribution >= 4 is 11.0 Å². The van der Waals surface area contributed by atoms with Gasteiger partial charge in [0.05, 0.1) is 6.10 Å². The molecule has 1 heterocycles. The van der Waals surface area contributed by atoms with Crippen LogP contribution in [0.3, 0.4) is 0 Å². The lowest BCUT2D eigenvalue weighted by atomic mass is 10.0. The van der Waals surface area contributed by atoms with Gasteiger partial charge in [-0.1, -0.05) is 11.2 Å². The zero-order valence-electron chi connectivity index (χ0n) is 9.43. The summed E-state index contributed by atoms with van der Waals surface area (Å²) in [4.78, 5) is 2.58.